The average Bonchev–Trinajstić information content (AvgIpc) is 3.27. The van der Waals surface area contributed by atoms with Gasteiger partial charge >= 0.3 is 12.1 Å². The summed E-state index contributed by atoms with van der Waals surface area (Å²) in [6, 6.07) is 7.08. The lowest BCUT2D eigenvalue weighted by atomic mass is 10.1. The SMILES string of the molecule is C=NN(/C(=C(\C)C(=O)OCC)C(F)(F)F)c1ccc(-c2cn(-c3ccncc3F)nn2)cc1. The third kappa shape index (κ3) is 5.05. The van der Waals surface area contributed by atoms with Gasteiger partial charge in [-0.25, -0.2) is 18.9 Å². The van der Waals surface area contributed by atoms with Gasteiger partial charge in [0.15, 0.2) is 11.5 Å². The van der Waals surface area contributed by atoms with Crippen LogP contribution >= 0.6 is 0 Å². The van der Waals surface area contributed by atoms with E-state index in [1.807, 2.05) is 0 Å². The average molecular weight is 462 g/mol. The molecular weight excluding hydrogens is 444 g/mol. The van der Waals surface area contributed by atoms with E-state index in [0.717, 1.165) is 13.1 Å². The molecule has 0 saturated carbocycles. The fourth-order valence-electron chi connectivity index (χ4n) is 2.95. The van der Waals surface area contributed by atoms with E-state index >= 15 is 0 Å². The number of alkyl halides is 3. The highest BCUT2D eigenvalue weighted by molar-refractivity contribution is 5.90. The number of hydrogen-bond donors (Lipinski definition) is 0. The molecule has 2 aromatic heterocycles. The molecule has 0 saturated heterocycles. The van der Waals surface area contributed by atoms with E-state index < -0.39 is 29.2 Å². The molecule has 0 spiro atoms. The highest BCUT2D eigenvalue weighted by Gasteiger charge is 2.42. The first-order valence-corrected chi connectivity index (χ1v) is 9.52. The van der Waals surface area contributed by atoms with Gasteiger partial charge < -0.3 is 4.74 Å². The molecule has 0 unspecified atom stereocenters. The molecule has 0 fully saturated rings. The van der Waals surface area contributed by atoms with Crippen LogP contribution in [0.2, 0.25) is 0 Å². The van der Waals surface area contributed by atoms with Crippen molar-refractivity contribution < 1.29 is 27.1 Å². The predicted octanol–water partition coefficient (Wildman–Crippen LogP) is 4.29. The fourth-order valence-corrected chi connectivity index (χ4v) is 2.95. The highest BCUT2D eigenvalue weighted by atomic mass is 19.4. The smallest absolute Gasteiger partial charge is 0.433 e. The molecule has 1 aromatic carbocycles. The van der Waals surface area contributed by atoms with E-state index in [1.165, 1.54) is 54.3 Å². The summed E-state index contributed by atoms with van der Waals surface area (Å²) in [4.78, 5) is 15.6. The van der Waals surface area contributed by atoms with Crippen LogP contribution in [0, 0.1) is 5.82 Å². The van der Waals surface area contributed by atoms with Crippen LogP contribution in [0.3, 0.4) is 0 Å². The van der Waals surface area contributed by atoms with E-state index in [2.05, 4.69) is 27.1 Å². The molecule has 0 aliphatic carbocycles. The number of nitrogens with zero attached hydrogens (tertiary/aromatic N) is 6. The van der Waals surface area contributed by atoms with Crippen LogP contribution in [0.1, 0.15) is 13.8 Å². The van der Waals surface area contributed by atoms with Crippen molar-refractivity contribution in [1.29, 1.82) is 0 Å². The second-order valence-corrected chi connectivity index (χ2v) is 6.57. The Morgan fingerprint density at radius 3 is 2.52 bits per heavy atom. The number of carbonyl (C=O) groups is 1. The van der Waals surface area contributed by atoms with E-state index in [1.54, 1.807) is 0 Å². The number of aromatic nitrogens is 4. The van der Waals surface area contributed by atoms with Crippen molar-refractivity contribution in [2.24, 2.45) is 5.10 Å². The molecule has 0 aliphatic rings. The molecule has 0 atom stereocenters. The maximum Gasteiger partial charge on any atom is 0.433 e. The molecule has 3 aromatic rings. The summed E-state index contributed by atoms with van der Waals surface area (Å²) in [5.74, 6) is -1.71. The van der Waals surface area contributed by atoms with Gasteiger partial charge in [0, 0.05) is 18.5 Å². The van der Waals surface area contributed by atoms with Gasteiger partial charge in [0.1, 0.15) is 11.4 Å². The monoisotopic (exact) mass is 462 g/mol. The second-order valence-electron chi connectivity index (χ2n) is 6.57. The third-order valence-electron chi connectivity index (χ3n) is 4.46. The number of esters is 1. The van der Waals surface area contributed by atoms with Crippen LogP contribution in [0.25, 0.3) is 16.9 Å². The Morgan fingerprint density at radius 2 is 1.94 bits per heavy atom. The van der Waals surface area contributed by atoms with Crippen molar-refractivity contribution in [2.75, 3.05) is 11.6 Å². The molecule has 0 amide bonds. The lowest BCUT2D eigenvalue weighted by Gasteiger charge is -2.25. The summed E-state index contributed by atoms with van der Waals surface area (Å²) in [7, 11) is 0. The van der Waals surface area contributed by atoms with Crippen molar-refractivity contribution in [3.05, 3.63) is 66.0 Å². The Hall–Kier alpha value is -4.09. The first-order chi connectivity index (χ1) is 15.7. The van der Waals surface area contributed by atoms with Crippen LogP contribution in [0.5, 0.6) is 0 Å². The van der Waals surface area contributed by atoms with Gasteiger partial charge in [-0.1, -0.05) is 17.3 Å². The van der Waals surface area contributed by atoms with Crippen molar-refractivity contribution in [3.8, 4) is 16.9 Å². The number of hydrogen-bond acceptors (Lipinski definition) is 7. The zero-order valence-corrected chi connectivity index (χ0v) is 17.5. The molecule has 0 N–H and O–H groups in total. The van der Waals surface area contributed by atoms with E-state index in [4.69, 9.17) is 4.74 Å². The molecule has 0 aliphatic heterocycles. The molecular formula is C21H18F4N6O2. The lowest BCUT2D eigenvalue weighted by molar-refractivity contribution is -0.139. The maximum atomic E-state index is 13.9. The molecule has 3 rings (SSSR count). The van der Waals surface area contributed by atoms with E-state index in [9.17, 15) is 22.4 Å². The number of allylic oxidation sites excluding steroid dienone is 1. The molecule has 0 bridgehead atoms. The topological polar surface area (TPSA) is 85.5 Å². The molecule has 2 heterocycles. The first-order valence-electron chi connectivity index (χ1n) is 9.52. The number of carbonyl (C=O) groups excluding carboxylic acids is 1. The van der Waals surface area contributed by atoms with Crippen molar-refractivity contribution in [2.45, 2.75) is 20.0 Å². The minimum absolute atomic E-state index is 0.00251. The van der Waals surface area contributed by atoms with Gasteiger partial charge in [0.05, 0.1) is 30.3 Å². The summed E-state index contributed by atoms with van der Waals surface area (Å²) in [5, 5.41) is 11.8. The van der Waals surface area contributed by atoms with Crippen LogP contribution in [0.4, 0.5) is 23.2 Å². The summed E-state index contributed by atoms with van der Waals surface area (Å²) >= 11 is 0. The summed E-state index contributed by atoms with van der Waals surface area (Å²) in [6.07, 6.45) is -1.02. The molecule has 12 heteroatoms. The third-order valence-corrected chi connectivity index (χ3v) is 4.46. The predicted molar refractivity (Wildman–Crippen MR) is 112 cm³/mol. The fraction of sp³-hybridized carbons (Fsp3) is 0.190. The standard InChI is InChI=1S/C21H18F4N6O2/c1-4-33-20(32)13(2)19(21(23,24)25)31(26-3)15-7-5-14(6-8-15)17-12-30(29-28-17)18-9-10-27-11-16(18)22/h5-12H,3-4H2,1-2H3/b19-13+. The Morgan fingerprint density at radius 1 is 1.24 bits per heavy atom. The van der Waals surface area contributed by atoms with Crippen LogP contribution in [-0.4, -0.2) is 45.4 Å². The lowest BCUT2D eigenvalue weighted by Crippen LogP contribution is -2.31. The van der Waals surface area contributed by atoms with Crippen molar-refractivity contribution in [1.82, 2.24) is 20.0 Å². The quantitative estimate of drug-likeness (QED) is 0.171. The Balaban J connectivity index is 1.95. The molecule has 8 nitrogen and oxygen atoms in total. The highest BCUT2D eigenvalue weighted by Crippen LogP contribution is 2.35. The normalized spacial score (nSPS) is 12.2. The van der Waals surface area contributed by atoms with Gasteiger partial charge in [-0.2, -0.15) is 18.3 Å². The number of ether oxygens (including phenoxy) is 1. The molecule has 33 heavy (non-hydrogen) atoms. The first kappa shape index (κ1) is 23.6. The van der Waals surface area contributed by atoms with Gasteiger partial charge in [0.2, 0.25) is 0 Å². The zero-order valence-electron chi connectivity index (χ0n) is 17.5. The Bertz CT molecular complexity index is 1190. The number of rotatable bonds is 7. The van der Waals surface area contributed by atoms with Crippen LogP contribution in [-0.2, 0) is 9.53 Å². The Labute approximate surface area is 185 Å². The number of halogens is 4. The summed E-state index contributed by atoms with van der Waals surface area (Å²) in [6.45, 7) is 5.62. The number of hydrazone groups is 1. The number of benzene rings is 1. The van der Waals surface area contributed by atoms with E-state index in [-0.39, 0.29) is 18.0 Å². The number of pyridine rings is 1. The summed E-state index contributed by atoms with van der Waals surface area (Å²) < 4.78 is 61.2. The van der Waals surface area contributed by atoms with Gasteiger partial charge in [0.25, 0.3) is 0 Å². The Kier molecular flexibility index (Phi) is 6.85. The second kappa shape index (κ2) is 9.59. The number of anilines is 1. The maximum absolute atomic E-state index is 13.9. The van der Waals surface area contributed by atoms with Gasteiger partial charge in [-0.3, -0.25) is 4.98 Å². The zero-order chi connectivity index (χ0) is 24.2. The minimum atomic E-state index is -4.91. The van der Waals surface area contributed by atoms with Crippen molar-refractivity contribution >= 4 is 18.4 Å². The molecule has 0 radical (unpaired) electrons. The van der Waals surface area contributed by atoms with Crippen molar-refractivity contribution in [3.63, 3.8) is 0 Å². The van der Waals surface area contributed by atoms with E-state index in [0.29, 0.717) is 16.3 Å². The summed E-state index contributed by atoms with van der Waals surface area (Å²) in [5.41, 5.74) is -0.992. The molecule has 172 valence electrons. The minimum Gasteiger partial charge on any atom is -0.463 e. The largest absolute Gasteiger partial charge is 0.463 e. The van der Waals surface area contributed by atoms with Crippen LogP contribution in [0.15, 0.2) is 65.3 Å². The van der Waals surface area contributed by atoms with Gasteiger partial charge in [-0.15, -0.1) is 5.10 Å². The van der Waals surface area contributed by atoms with Gasteiger partial charge in [-0.05, 0) is 32.0 Å². The van der Waals surface area contributed by atoms with Crippen LogP contribution < -0.4 is 5.01 Å².